The van der Waals surface area contributed by atoms with Gasteiger partial charge in [-0.15, -0.1) is 0 Å². The number of anilines is 2. The van der Waals surface area contributed by atoms with E-state index in [1.807, 2.05) is 0 Å². The summed E-state index contributed by atoms with van der Waals surface area (Å²) in [5.41, 5.74) is 6.47. The average Bonchev–Trinajstić information content (AvgIpc) is 2.40. The van der Waals surface area contributed by atoms with Crippen LogP contribution < -0.4 is 10.5 Å². The molecule has 21 heavy (non-hydrogen) atoms. The summed E-state index contributed by atoms with van der Waals surface area (Å²) in [4.78, 5) is -0.0521. The van der Waals surface area contributed by atoms with E-state index in [-0.39, 0.29) is 16.1 Å². The lowest BCUT2D eigenvalue weighted by Gasteiger charge is -2.10. The summed E-state index contributed by atoms with van der Waals surface area (Å²) in [6.45, 7) is 1.71. The summed E-state index contributed by atoms with van der Waals surface area (Å²) in [5, 5.41) is 8.66. The Labute approximate surface area is 121 Å². The van der Waals surface area contributed by atoms with Crippen molar-refractivity contribution in [3.05, 3.63) is 53.3 Å². The summed E-state index contributed by atoms with van der Waals surface area (Å²) in [7, 11) is -3.95. The summed E-state index contributed by atoms with van der Waals surface area (Å²) < 4.78 is 40.3. The molecule has 0 aliphatic carbocycles. The second kappa shape index (κ2) is 5.42. The van der Waals surface area contributed by atoms with Crippen LogP contribution in [0, 0.1) is 24.1 Å². The fourth-order valence-electron chi connectivity index (χ4n) is 1.80. The summed E-state index contributed by atoms with van der Waals surface area (Å²) in [6.07, 6.45) is 0. The molecule has 2 aromatic carbocycles. The Hall–Kier alpha value is -2.59. The number of sulfonamides is 1. The van der Waals surface area contributed by atoms with E-state index in [9.17, 15) is 12.8 Å². The molecular formula is C14H12FN3O2S. The molecule has 0 aliphatic heterocycles. The van der Waals surface area contributed by atoms with Gasteiger partial charge in [-0.1, -0.05) is 0 Å². The number of hydrogen-bond acceptors (Lipinski definition) is 4. The minimum atomic E-state index is -3.95. The second-order valence-electron chi connectivity index (χ2n) is 4.49. The van der Waals surface area contributed by atoms with Gasteiger partial charge >= 0.3 is 0 Å². The number of nitrogens with two attached hydrogens (primary N) is 1. The molecule has 2 rings (SSSR count). The SMILES string of the molecule is Cc1cc(N)cc(S(=O)(=O)Nc2ccc(C#N)cc2F)c1. The molecule has 0 amide bonds. The fraction of sp³-hybridized carbons (Fsp3) is 0.0714. The van der Waals surface area contributed by atoms with Gasteiger partial charge in [0.2, 0.25) is 0 Å². The summed E-state index contributed by atoms with van der Waals surface area (Å²) >= 11 is 0. The second-order valence-corrected chi connectivity index (χ2v) is 6.17. The summed E-state index contributed by atoms with van der Waals surface area (Å²) in [6, 6.07) is 9.60. The number of hydrogen-bond donors (Lipinski definition) is 2. The smallest absolute Gasteiger partial charge is 0.262 e. The van der Waals surface area contributed by atoms with Gasteiger partial charge in [-0.05, 0) is 48.9 Å². The number of rotatable bonds is 3. The molecule has 7 heteroatoms. The first-order valence-electron chi connectivity index (χ1n) is 5.91. The Morgan fingerprint density at radius 1 is 1.24 bits per heavy atom. The van der Waals surface area contributed by atoms with Gasteiger partial charge in [-0.2, -0.15) is 5.26 Å². The Kier molecular flexibility index (Phi) is 3.82. The zero-order valence-corrected chi connectivity index (χ0v) is 11.9. The molecule has 0 bridgehead atoms. The van der Waals surface area contributed by atoms with Crippen LogP contribution in [0.3, 0.4) is 0 Å². The zero-order chi connectivity index (χ0) is 15.6. The number of nitrogens with one attached hydrogen (secondary N) is 1. The maximum absolute atomic E-state index is 13.7. The van der Waals surface area contributed by atoms with E-state index < -0.39 is 15.8 Å². The summed E-state index contributed by atoms with van der Waals surface area (Å²) in [5.74, 6) is -0.821. The normalized spacial score (nSPS) is 10.9. The van der Waals surface area contributed by atoms with Crippen molar-refractivity contribution in [2.75, 3.05) is 10.5 Å². The molecule has 0 unspecified atom stereocenters. The molecule has 2 aromatic rings. The van der Waals surface area contributed by atoms with Crippen LogP contribution in [-0.4, -0.2) is 8.42 Å². The Morgan fingerprint density at radius 2 is 1.95 bits per heavy atom. The maximum atomic E-state index is 13.7. The van der Waals surface area contributed by atoms with E-state index in [0.717, 1.165) is 6.07 Å². The predicted octanol–water partition coefficient (Wildman–Crippen LogP) is 2.39. The molecule has 0 spiro atoms. The number of nitriles is 1. The van der Waals surface area contributed by atoms with E-state index >= 15 is 0 Å². The topological polar surface area (TPSA) is 96.0 Å². The first-order valence-corrected chi connectivity index (χ1v) is 7.40. The van der Waals surface area contributed by atoms with E-state index in [4.69, 9.17) is 11.0 Å². The monoisotopic (exact) mass is 305 g/mol. The van der Waals surface area contributed by atoms with Crippen molar-refractivity contribution in [3.63, 3.8) is 0 Å². The van der Waals surface area contributed by atoms with Gasteiger partial charge in [-0.3, -0.25) is 4.72 Å². The fourth-order valence-corrected chi connectivity index (χ4v) is 3.01. The van der Waals surface area contributed by atoms with Crippen LogP contribution in [0.5, 0.6) is 0 Å². The minimum Gasteiger partial charge on any atom is -0.399 e. The first-order chi connectivity index (χ1) is 9.81. The number of nitrogen functional groups attached to an aromatic ring is 1. The van der Waals surface area contributed by atoms with Gasteiger partial charge < -0.3 is 5.73 Å². The van der Waals surface area contributed by atoms with E-state index in [1.165, 1.54) is 24.3 Å². The molecule has 0 radical (unpaired) electrons. The van der Waals surface area contributed by atoms with Gasteiger partial charge in [0, 0.05) is 5.69 Å². The lowest BCUT2D eigenvalue weighted by molar-refractivity contribution is 0.598. The van der Waals surface area contributed by atoms with Crippen molar-refractivity contribution < 1.29 is 12.8 Å². The lowest BCUT2D eigenvalue weighted by Crippen LogP contribution is -2.14. The quantitative estimate of drug-likeness (QED) is 0.851. The predicted molar refractivity (Wildman–Crippen MR) is 77.5 cm³/mol. The Bertz CT molecular complexity index is 822. The first kappa shape index (κ1) is 14.8. The van der Waals surface area contributed by atoms with E-state index in [0.29, 0.717) is 11.3 Å². The van der Waals surface area contributed by atoms with Gasteiger partial charge in [-0.25, -0.2) is 12.8 Å². The third-order valence-corrected chi connectivity index (χ3v) is 4.07. The van der Waals surface area contributed by atoms with E-state index in [2.05, 4.69) is 4.72 Å². The van der Waals surface area contributed by atoms with Crippen LogP contribution in [-0.2, 0) is 10.0 Å². The lowest BCUT2D eigenvalue weighted by atomic mass is 10.2. The van der Waals surface area contributed by atoms with Crippen molar-refractivity contribution in [2.24, 2.45) is 0 Å². The van der Waals surface area contributed by atoms with Gasteiger partial charge in [0.15, 0.2) is 0 Å². The van der Waals surface area contributed by atoms with Crippen molar-refractivity contribution in [1.29, 1.82) is 5.26 Å². The van der Waals surface area contributed by atoms with Crippen molar-refractivity contribution in [3.8, 4) is 6.07 Å². The third kappa shape index (κ3) is 3.30. The van der Waals surface area contributed by atoms with Crippen LogP contribution in [0.25, 0.3) is 0 Å². The molecule has 0 atom stereocenters. The molecule has 5 nitrogen and oxygen atoms in total. The van der Waals surface area contributed by atoms with Crippen molar-refractivity contribution in [1.82, 2.24) is 0 Å². The Morgan fingerprint density at radius 3 is 2.52 bits per heavy atom. The minimum absolute atomic E-state index is 0.0521. The highest BCUT2D eigenvalue weighted by molar-refractivity contribution is 7.92. The highest BCUT2D eigenvalue weighted by Gasteiger charge is 2.17. The molecule has 3 N–H and O–H groups in total. The number of aryl methyl sites for hydroxylation is 1. The molecule has 0 saturated carbocycles. The van der Waals surface area contributed by atoms with E-state index in [1.54, 1.807) is 19.1 Å². The van der Waals surface area contributed by atoms with Gasteiger partial charge in [0.1, 0.15) is 5.82 Å². The Balaban J connectivity index is 2.40. The average molecular weight is 305 g/mol. The molecule has 0 aromatic heterocycles. The number of nitrogens with zero attached hydrogens (tertiary/aromatic N) is 1. The molecule has 0 heterocycles. The largest absolute Gasteiger partial charge is 0.399 e. The van der Waals surface area contributed by atoms with Crippen molar-refractivity contribution in [2.45, 2.75) is 11.8 Å². The highest BCUT2D eigenvalue weighted by Crippen LogP contribution is 2.22. The van der Waals surface area contributed by atoms with Crippen LogP contribution in [0.4, 0.5) is 15.8 Å². The van der Waals surface area contributed by atoms with Gasteiger partial charge in [0.25, 0.3) is 10.0 Å². The third-order valence-electron chi connectivity index (χ3n) is 2.73. The number of halogens is 1. The molecule has 0 saturated heterocycles. The van der Waals surface area contributed by atoms with Crippen LogP contribution in [0.1, 0.15) is 11.1 Å². The molecular weight excluding hydrogens is 293 g/mol. The van der Waals surface area contributed by atoms with Crippen LogP contribution in [0.15, 0.2) is 41.3 Å². The molecule has 108 valence electrons. The number of benzene rings is 2. The van der Waals surface area contributed by atoms with Gasteiger partial charge in [0.05, 0.1) is 22.2 Å². The maximum Gasteiger partial charge on any atom is 0.262 e. The van der Waals surface area contributed by atoms with Crippen molar-refractivity contribution >= 4 is 21.4 Å². The van der Waals surface area contributed by atoms with Crippen LogP contribution in [0.2, 0.25) is 0 Å². The van der Waals surface area contributed by atoms with Crippen LogP contribution >= 0.6 is 0 Å². The zero-order valence-electron chi connectivity index (χ0n) is 11.1. The molecule has 0 fully saturated rings. The highest BCUT2D eigenvalue weighted by atomic mass is 32.2. The standard InChI is InChI=1S/C14H12FN3O2S/c1-9-4-11(17)7-12(5-9)21(19,20)18-14-3-2-10(8-16)6-13(14)15/h2-7,18H,17H2,1H3. The molecule has 0 aliphatic rings.